The van der Waals surface area contributed by atoms with Crippen LogP contribution in [0.2, 0.25) is 0 Å². The number of hydrogen-bond acceptors (Lipinski definition) is 5. The number of morpholine rings is 1. The number of likely N-dealkylation sites (tertiary alicyclic amines) is 1. The van der Waals surface area contributed by atoms with E-state index in [1.54, 1.807) is 12.1 Å². The molecule has 2 aliphatic rings. The zero-order valence-corrected chi connectivity index (χ0v) is 19.3. The minimum Gasteiger partial charge on any atom is -0.508 e. The fourth-order valence-electron chi connectivity index (χ4n) is 3.65. The molecule has 3 rings (SSSR count). The van der Waals surface area contributed by atoms with Crippen molar-refractivity contribution in [1.29, 1.82) is 0 Å². The Morgan fingerprint density at radius 2 is 1.93 bits per heavy atom. The van der Waals surface area contributed by atoms with Gasteiger partial charge in [0.1, 0.15) is 5.75 Å². The Hall–Kier alpha value is -1.59. The van der Waals surface area contributed by atoms with Gasteiger partial charge in [-0.05, 0) is 37.6 Å². The van der Waals surface area contributed by atoms with Gasteiger partial charge in [-0.15, -0.1) is 24.0 Å². The van der Waals surface area contributed by atoms with Gasteiger partial charge < -0.3 is 25.4 Å². The maximum atomic E-state index is 12.1. The summed E-state index contributed by atoms with van der Waals surface area (Å²) < 4.78 is 5.46. The lowest BCUT2D eigenvalue weighted by atomic mass is 10.2. The topological polar surface area (TPSA) is 89.4 Å². The minimum atomic E-state index is -0.159. The Labute approximate surface area is 189 Å². The number of rotatable bonds is 6. The molecule has 0 aliphatic carbocycles. The number of halogens is 1. The lowest BCUT2D eigenvalue weighted by Crippen LogP contribution is -2.46. The van der Waals surface area contributed by atoms with E-state index in [2.05, 4.69) is 32.3 Å². The molecule has 2 aliphatic heterocycles. The van der Waals surface area contributed by atoms with Crippen LogP contribution in [0.25, 0.3) is 0 Å². The number of nitrogens with zero attached hydrogens (tertiary/aromatic N) is 3. The van der Waals surface area contributed by atoms with Crippen molar-refractivity contribution in [2.24, 2.45) is 4.99 Å². The number of benzene rings is 1. The summed E-state index contributed by atoms with van der Waals surface area (Å²) in [5.74, 6) is 0.906. The first kappa shape index (κ1) is 23.7. The van der Waals surface area contributed by atoms with Crippen LogP contribution in [0.1, 0.15) is 23.7 Å². The number of aliphatic imine (C=N–C) groups is 1. The number of carbonyl (C=O) groups excluding carboxylic acids is 1. The largest absolute Gasteiger partial charge is 0.508 e. The van der Waals surface area contributed by atoms with E-state index in [4.69, 9.17) is 4.74 Å². The van der Waals surface area contributed by atoms with E-state index < -0.39 is 0 Å². The lowest BCUT2D eigenvalue weighted by Gasteiger charge is -2.32. The Morgan fingerprint density at radius 3 is 2.62 bits per heavy atom. The van der Waals surface area contributed by atoms with Crippen LogP contribution in [0.15, 0.2) is 29.3 Å². The van der Waals surface area contributed by atoms with Crippen molar-refractivity contribution in [1.82, 2.24) is 20.4 Å². The van der Waals surface area contributed by atoms with Gasteiger partial charge in [0, 0.05) is 50.9 Å². The van der Waals surface area contributed by atoms with Crippen LogP contribution in [0, 0.1) is 0 Å². The van der Waals surface area contributed by atoms with Crippen molar-refractivity contribution in [2.75, 3.05) is 59.0 Å². The Balaban J connectivity index is 0.00000300. The van der Waals surface area contributed by atoms with E-state index in [1.807, 2.05) is 0 Å². The highest BCUT2D eigenvalue weighted by atomic mass is 127. The fraction of sp³-hybridized carbons (Fsp3) is 0.600. The predicted molar refractivity (Wildman–Crippen MR) is 124 cm³/mol. The molecule has 0 bridgehead atoms. The van der Waals surface area contributed by atoms with Crippen molar-refractivity contribution in [3.8, 4) is 5.75 Å². The summed E-state index contributed by atoms with van der Waals surface area (Å²) in [5.41, 5.74) is 0.529. The first-order valence-electron chi connectivity index (χ1n) is 10.1. The van der Waals surface area contributed by atoms with Crippen LogP contribution >= 0.6 is 24.0 Å². The van der Waals surface area contributed by atoms with Gasteiger partial charge in [0.2, 0.25) is 0 Å². The molecular formula is C20H32IN5O3. The first-order valence-corrected chi connectivity index (χ1v) is 10.1. The molecule has 0 saturated carbocycles. The lowest BCUT2D eigenvalue weighted by molar-refractivity contribution is 0.0195. The van der Waals surface area contributed by atoms with Gasteiger partial charge in [0.05, 0.1) is 19.8 Å². The van der Waals surface area contributed by atoms with Gasteiger partial charge in [0.25, 0.3) is 5.91 Å². The normalized spacial score (nSPS) is 20.2. The first-order chi connectivity index (χ1) is 13.7. The molecule has 0 radical (unpaired) electrons. The summed E-state index contributed by atoms with van der Waals surface area (Å²) in [6.45, 7) is 9.51. The van der Waals surface area contributed by atoms with E-state index in [9.17, 15) is 9.90 Å². The highest BCUT2D eigenvalue weighted by Gasteiger charge is 2.30. The van der Waals surface area contributed by atoms with Gasteiger partial charge in [-0.1, -0.05) is 0 Å². The molecule has 29 heavy (non-hydrogen) atoms. The molecule has 162 valence electrons. The molecule has 2 heterocycles. The summed E-state index contributed by atoms with van der Waals surface area (Å²) in [4.78, 5) is 21.6. The average molecular weight is 517 g/mol. The molecule has 0 aromatic heterocycles. The van der Waals surface area contributed by atoms with Crippen molar-refractivity contribution >= 4 is 35.8 Å². The fourth-order valence-corrected chi connectivity index (χ4v) is 3.65. The number of amides is 1. The van der Waals surface area contributed by atoms with E-state index >= 15 is 0 Å². The van der Waals surface area contributed by atoms with Gasteiger partial charge in [-0.2, -0.15) is 0 Å². The zero-order valence-electron chi connectivity index (χ0n) is 17.0. The molecule has 1 aromatic carbocycles. The smallest absolute Gasteiger partial charge is 0.251 e. The molecule has 9 heteroatoms. The highest BCUT2D eigenvalue weighted by molar-refractivity contribution is 14.0. The van der Waals surface area contributed by atoms with Gasteiger partial charge >= 0.3 is 0 Å². The van der Waals surface area contributed by atoms with Crippen LogP contribution in [0.3, 0.4) is 0 Å². The monoisotopic (exact) mass is 517 g/mol. The van der Waals surface area contributed by atoms with Crippen molar-refractivity contribution in [3.05, 3.63) is 29.8 Å². The Bertz CT molecular complexity index is 665. The number of carbonyl (C=O) groups is 1. The second kappa shape index (κ2) is 12.2. The maximum Gasteiger partial charge on any atom is 0.251 e. The summed E-state index contributed by atoms with van der Waals surface area (Å²) >= 11 is 0. The third kappa shape index (κ3) is 7.00. The number of aromatic hydroxyl groups is 1. The number of hydrogen-bond donors (Lipinski definition) is 3. The highest BCUT2D eigenvalue weighted by Crippen LogP contribution is 2.17. The number of phenolic OH excluding ortho intramolecular Hbond substituents is 1. The van der Waals surface area contributed by atoms with Gasteiger partial charge in [-0.3, -0.25) is 14.7 Å². The third-order valence-corrected chi connectivity index (χ3v) is 5.15. The summed E-state index contributed by atoms with van der Waals surface area (Å²) in [6, 6.07) is 6.78. The predicted octanol–water partition coefficient (Wildman–Crippen LogP) is 1.11. The summed E-state index contributed by atoms with van der Waals surface area (Å²) in [7, 11) is 0. The molecule has 1 aromatic rings. The molecule has 1 unspecified atom stereocenters. The molecule has 3 N–H and O–H groups in total. The van der Waals surface area contributed by atoms with Crippen LogP contribution in [0.5, 0.6) is 5.75 Å². The second-order valence-corrected chi connectivity index (χ2v) is 7.08. The van der Waals surface area contributed by atoms with Crippen LogP contribution in [-0.4, -0.2) is 91.8 Å². The number of guanidine groups is 1. The minimum absolute atomic E-state index is 0. The van der Waals surface area contributed by atoms with Crippen LogP contribution < -0.4 is 10.6 Å². The molecule has 1 amide bonds. The van der Waals surface area contributed by atoms with Crippen LogP contribution in [0.4, 0.5) is 0 Å². The van der Waals surface area contributed by atoms with E-state index in [-0.39, 0.29) is 35.6 Å². The maximum absolute atomic E-state index is 12.1. The van der Waals surface area contributed by atoms with Crippen molar-refractivity contribution in [3.63, 3.8) is 0 Å². The molecule has 2 saturated heterocycles. The standard InChI is InChI=1S/C20H31N5O3.HI/c1-2-21-20(25-10-7-17(15-25)24-11-13-28-14-12-24)23-9-8-22-19(27)16-3-5-18(26)6-4-16;/h3-6,17,26H,2,7-15H2,1H3,(H,21,23)(H,22,27);1H. The van der Waals surface area contributed by atoms with Gasteiger partial charge in [0.15, 0.2) is 5.96 Å². The molecular weight excluding hydrogens is 485 g/mol. The Kier molecular flexibility index (Phi) is 9.95. The zero-order chi connectivity index (χ0) is 19.8. The van der Waals surface area contributed by atoms with Crippen molar-refractivity contribution < 1.29 is 14.6 Å². The van der Waals surface area contributed by atoms with Gasteiger partial charge in [-0.25, -0.2) is 0 Å². The SMILES string of the molecule is CCNC(=NCCNC(=O)c1ccc(O)cc1)N1CCC(N2CCOCC2)C1.I. The average Bonchev–Trinajstić information content (AvgIpc) is 3.21. The Morgan fingerprint density at radius 1 is 1.21 bits per heavy atom. The number of ether oxygens (including phenoxy) is 1. The number of nitrogens with one attached hydrogen (secondary N) is 2. The van der Waals surface area contributed by atoms with E-state index in [0.717, 1.165) is 58.3 Å². The number of phenols is 1. The van der Waals surface area contributed by atoms with E-state index in [0.29, 0.717) is 24.7 Å². The van der Waals surface area contributed by atoms with E-state index in [1.165, 1.54) is 12.1 Å². The molecule has 0 spiro atoms. The van der Waals surface area contributed by atoms with Crippen LogP contribution in [-0.2, 0) is 4.74 Å². The van der Waals surface area contributed by atoms with Crippen molar-refractivity contribution in [2.45, 2.75) is 19.4 Å². The summed E-state index contributed by atoms with van der Waals surface area (Å²) in [5, 5.41) is 15.5. The molecule has 2 fully saturated rings. The quantitative estimate of drug-likeness (QED) is 0.227. The summed E-state index contributed by atoms with van der Waals surface area (Å²) in [6.07, 6.45) is 1.14. The molecule has 8 nitrogen and oxygen atoms in total. The molecule has 1 atom stereocenters. The third-order valence-electron chi connectivity index (χ3n) is 5.15. The second-order valence-electron chi connectivity index (χ2n) is 7.08.